The Morgan fingerprint density at radius 1 is 1.25 bits per heavy atom. The smallest absolute Gasteiger partial charge is 0.264 e. The number of nitrogens with one attached hydrogen (secondary N) is 1. The van der Waals surface area contributed by atoms with Crippen LogP contribution in [0.5, 0.6) is 5.75 Å². The molecule has 3 rings (SSSR count). The van der Waals surface area contributed by atoms with Crippen molar-refractivity contribution in [2.75, 3.05) is 18.1 Å². The standard InChI is InChI=1S/C20H23BrN2O4S/c1-13(2)22-28(25,26)17-5-7-19(14(3)10-17)27-12-20(24)23-9-8-15-11-16(21)4-6-18(15)23/h4-7,10-11,13,22H,8-9,12H2,1-3H3. The highest BCUT2D eigenvalue weighted by Crippen LogP contribution is 2.31. The number of nitrogens with zero attached hydrogens (tertiary/aromatic N) is 1. The first kappa shape index (κ1) is 20.8. The lowest BCUT2D eigenvalue weighted by atomic mass is 10.2. The van der Waals surface area contributed by atoms with Crippen molar-refractivity contribution in [1.82, 2.24) is 4.72 Å². The van der Waals surface area contributed by atoms with Crippen LogP contribution < -0.4 is 14.4 Å². The molecule has 0 bridgehead atoms. The number of fused-ring (bicyclic) bond motifs is 1. The van der Waals surface area contributed by atoms with Gasteiger partial charge >= 0.3 is 0 Å². The minimum atomic E-state index is -3.56. The number of aryl methyl sites for hydroxylation is 1. The zero-order valence-electron chi connectivity index (χ0n) is 16.0. The van der Waals surface area contributed by atoms with Crippen molar-refractivity contribution < 1.29 is 17.9 Å². The van der Waals surface area contributed by atoms with Gasteiger partial charge in [0.25, 0.3) is 5.91 Å². The van der Waals surface area contributed by atoms with Crippen LogP contribution >= 0.6 is 15.9 Å². The van der Waals surface area contributed by atoms with E-state index in [0.717, 1.165) is 22.1 Å². The number of carbonyl (C=O) groups is 1. The fourth-order valence-corrected chi connectivity index (χ4v) is 4.92. The van der Waals surface area contributed by atoms with E-state index in [1.165, 1.54) is 6.07 Å². The molecule has 1 N–H and O–H groups in total. The molecular formula is C20H23BrN2O4S. The van der Waals surface area contributed by atoms with E-state index in [1.807, 2.05) is 18.2 Å². The zero-order valence-corrected chi connectivity index (χ0v) is 18.4. The number of hydrogen-bond donors (Lipinski definition) is 1. The first-order valence-electron chi connectivity index (χ1n) is 9.02. The van der Waals surface area contributed by atoms with Gasteiger partial charge in [-0.1, -0.05) is 15.9 Å². The summed E-state index contributed by atoms with van der Waals surface area (Å²) in [6.07, 6.45) is 0.814. The van der Waals surface area contributed by atoms with Gasteiger partial charge in [-0.3, -0.25) is 4.79 Å². The minimum absolute atomic E-state index is 0.104. The Morgan fingerprint density at radius 3 is 2.68 bits per heavy atom. The zero-order chi connectivity index (χ0) is 20.5. The summed E-state index contributed by atoms with van der Waals surface area (Å²) in [5.74, 6) is 0.366. The Balaban J connectivity index is 1.68. The summed E-state index contributed by atoms with van der Waals surface area (Å²) >= 11 is 3.45. The molecule has 1 aliphatic heterocycles. The molecule has 0 fully saturated rings. The monoisotopic (exact) mass is 466 g/mol. The first-order chi connectivity index (χ1) is 13.2. The second-order valence-electron chi connectivity index (χ2n) is 7.06. The molecule has 1 heterocycles. The third-order valence-corrected chi connectivity index (χ3v) is 6.59. The molecule has 0 atom stereocenters. The van der Waals surface area contributed by atoms with Crippen LogP contribution in [0.15, 0.2) is 45.8 Å². The SMILES string of the molecule is Cc1cc(S(=O)(=O)NC(C)C)ccc1OCC(=O)N1CCc2cc(Br)ccc21. The molecule has 2 aromatic carbocycles. The summed E-state index contributed by atoms with van der Waals surface area (Å²) in [5, 5.41) is 0. The van der Waals surface area contributed by atoms with Crippen molar-refractivity contribution in [2.45, 2.75) is 38.1 Å². The molecule has 0 aliphatic carbocycles. The number of hydrogen-bond acceptors (Lipinski definition) is 4. The van der Waals surface area contributed by atoms with E-state index >= 15 is 0 Å². The average Bonchev–Trinajstić information content (AvgIpc) is 3.02. The fraction of sp³-hybridized carbons (Fsp3) is 0.350. The molecule has 0 aromatic heterocycles. The van der Waals surface area contributed by atoms with Gasteiger partial charge in [0.2, 0.25) is 10.0 Å². The highest BCUT2D eigenvalue weighted by Gasteiger charge is 2.25. The number of rotatable bonds is 6. The van der Waals surface area contributed by atoms with Crippen LogP contribution in [0.25, 0.3) is 0 Å². The summed E-state index contributed by atoms with van der Waals surface area (Å²) < 4.78 is 33.8. The molecule has 0 spiro atoms. The molecule has 6 nitrogen and oxygen atoms in total. The summed E-state index contributed by atoms with van der Waals surface area (Å²) in [6, 6.07) is 10.3. The van der Waals surface area contributed by atoms with Gasteiger partial charge in [0.05, 0.1) is 4.90 Å². The van der Waals surface area contributed by atoms with E-state index < -0.39 is 10.0 Å². The Hall–Kier alpha value is -1.90. The molecule has 8 heteroatoms. The molecule has 0 unspecified atom stereocenters. The van der Waals surface area contributed by atoms with E-state index in [1.54, 1.807) is 37.8 Å². The number of ether oxygens (including phenoxy) is 1. The van der Waals surface area contributed by atoms with Crippen molar-refractivity contribution in [2.24, 2.45) is 0 Å². The Kier molecular flexibility index (Phi) is 6.12. The lowest BCUT2D eigenvalue weighted by molar-refractivity contribution is -0.120. The quantitative estimate of drug-likeness (QED) is 0.707. The van der Waals surface area contributed by atoms with Gasteiger partial charge in [0.15, 0.2) is 6.61 Å². The molecule has 150 valence electrons. The second-order valence-corrected chi connectivity index (χ2v) is 9.69. The maximum absolute atomic E-state index is 12.6. The van der Waals surface area contributed by atoms with Gasteiger partial charge in [0.1, 0.15) is 5.75 Å². The van der Waals surface area contributed by atoms with Crippen LogP contribution in [0.3, 0.4) is 0 Å². The number of halogens is 1. The Bertz CT molecular complexity index is 1010. The van der Waals surface area contributed by atoms with Crippen LogP contribution in [0.1, 0.15) is 25.0 Å². The summed E-state index contributed by atoms with van der Waals surface area (Å²) in [4.78, 5) is 14.5. The summed E-state index contributed by atoms with van der Waals surface area (Å²) in [7, 11) is -3.56. The molecule has 28 heavy (non-hydrogen) atoms. The highest BCUT2D eigenvalue weighted by atomic mass is 79.9. The molecule has 0 saturated carbocycles. The maximum Gasteiger partial charge on any atom is 0.264 e. The third kappa shape index (κ3) is 4.56. The number of carbonyl (C=O) groups excluding carboxylic acids is 1. The van der Waals surface area contributed by atoms with Crippen LogP contribution in [-0.2, 0) is 21.2 Å². The van der Waals surface area contributed by atoms with E-state index in [2.05, 4.69) is 20.7 Å². The highest BCUT2D eigenvalue weighted by molar-refractivity contribution is 9.10. The number of anilines is 1. The maximum atomic E-state index is 12.6. The van der Waals surface area contributed by atoms with E-state index in [-0.39, 0.29) is 23.5 Å². The fourth-order valence-electron chi connectivity index (χ4n) is 3.18. The minimum Gasteiger partial charge on any atom is -0.483 e. The predicted molar refractivity (Wildman–Crippen MR) is 112 cm³/mol. The van der Waals surface area contributed by atoms with Gasteiger partial charge in [-0.15, -0.1) is 0 Å². The van der Waals surface area contributed by atoms with E-state index in [9.17, 15) is 13.2 Å². The Labute approximate surface area is 174 Å². The van der Waals surface area contributed by atoms with Crippen molar-refractivity contribution >= 4 is 37.5 Å². The second kappa shape index (κ2) is 8.23. The molecular weight excluding hydrogens is 444 g/mol. The van der Waals surface area contributed by atoms with Crippen LogP contribution in [-0.4, -0.2) is 33.5 Å². The van der Waals surface area contributed by atoms with Gasteiger partial charge in [-0.25, -0.2) is 13.1 Å². The van der Waals surface area contributed by atoms with E-state index in [0.29, 0.717) is 17.9 Å². The molecule has 0 saturated heterocycles. The normalized spacial score (nSPS) is 13.7. The molecule has 1 aliphatic rings. The van der Waals surface area contributed by atoms with Crippen LogP contribution in [0, 0.1) is 6.92 Å². The van der Waals surface area contributed by atoms with Gasteiger partial charge in [-0.2, -0.15) is 0 Å². The van der Waals surface area contributed by atoms with Crippen LogP contribution in [0.2, 0.25) is 0 Å². The largest absolute Gasteiger partial charge is 0.483 e. The van der Waals surface area contributed by atoms with E-state index in [4.69, 9.17) is 4.74 Å². The first-order valence-corrected chi connectivity index (χ1v) is 11.3. The molecule has 1 amide bonds. The predicted octanol–water partition coefficient (Wildman–Crippen LogP) is 3.41. The number of sulfonamides is 1. The summed E-state index contributed by atoms with van der Waals surface area (Å²) in [6.45, 7) is 5.82. The van der Waals surface area contributed by atoms with Crippen molar-refractivity contribution in [1.29, 1.82) is 0 Å². The van der Waals surface area contributed by atoms with Gasteiger partial charge in [0, 0.05) is 22.7 Å². The lowest BCUT2D eigenvalue weighted by Gasteiger charge is -2.18. The number of amides is 1. The molecule has 0 radical (unpaired) electrons. The Morgan fingerprint density at radius 2 is 2.00 bits per heavy atom. The van der Waals surface area contributed by atoms with Gasteiger partial charge in [-0.05, 0) is 74.7 Å². The van der Waals surface area contributed by atoms with Crippen molar-refractivity contribution in [3.63, 3.8) is 0 Å². The van der Waals surface area contributed by atoms with Crippen molar-refractivity contribution in [3.8, 4) is 5.75 Å². The average molecular weight is 467 g/mol. The van der Waals surface area contributed by atoms with Crippen molar-refractivity contribution in [3.05, 3.63) is 52.0 Å². The lowest BCUT2D eigenvalue weighted by Crippen LogP contribution is -2.33. The van der Waals surface area contributed by atoms with Crippen LogP contribution in [0.4, 0.5) is 5.69 Å². The topological polar surface area (TPSA) is 75.7 Å². The molecule has 2 aromatic rings. The summed E-state index contributed by atoms with van der Waals surface area (Å²) in [5.41, 5.74) is 2.70. The van der Waals surface area contributed by atoms with Gasteiger partial charge < -0.3 is 9.64 Å². The third-order valence-electron chi connectivity index (χ3n) is 4.44. The number of benzene rings is 2.